The van der Waals surface area contributed by atoms with Gasteiger partial charge in [-0.1, -0.05) is 6.07 Å². The Balaban J connectivity index is 2.20. The van der Waals surface area contributed by atoms with Crippen molar-refractivity contribution in [1.82, 2.24) is 9.88 Å². The van der Waals surface area contributed by atoms with E-state index in [1.165, 1.54) is 0 Å². The molecule has 5 heteroatoms. The van der Waals surface area contributed by atoms with Crippen LogP contribution in [0.15, 0.2) is 40.9 Å². The van der Waals surface area contributed by atoms with Gasteiger partial charge < -0.3 is 10.6 Å². The molecule has 1 aromatic heterocycles. The summed E-state index contributed by atoms with van der Waals surface area (Å²) in [6, 6.07) is 11.1. The Kier molecular flexibility index (Phi) is 4.96. The molecule has 0 aliphatic rings. The van der Waals surface area contributed by atoms with E-state index in [1.54, 1.807) is 23.1 Å². The summed E-state index contributed by atoms with van der Waals surface area (Å²) in [6.07, 6.45) is 0. The van der Waals surface area contributed by atoms with Crippen molar-refractivity contribution in [2.24, 2.45) is 0 Å². The largest absolute Gasteiger partial charge is 0.398 e. The molecule has 0 fully saturated rings. The van der Waals surface area contributed by atoms with E-state index in [0.717, 1.165) is 15.9 Å². The summed E-state index contributed by atoms with van der Waals surface area (Å²) in [5.41, 5.74) is 8.82. The summed E-state index contributed by atoms with van der Waals surface area (Å²) in [5.74, 6) is -0.0417. The maximum atomic E-state index is 12.6. The summed E-state index contributed by atoms with van der Waals surface area (Å²) in [4.78, 5) is 18.8. The number of halogens is 1. The number of nitrogens with zero attached hydrogens (tertiary/aromatic N) is 2. The molecule has 0 saturated heterocycles. The highest BCUT2D eigenvalue weighted by atomic mass is 79.9. The maximum absolute atomic E-state index is 12.6. The fraction of sp³-hybridized carbons (Fsp3) is 0.250. The van der Waals surface area contributed by atoms with Crippen LogP contribution < -0.4 is 5.73 Å². The lowest BCUT2D eigenvalue weighted by atomic mass is 10.1. The number of nitrogens with two attached hydrogens (primary N) is 1. The Bertz CT molecular complexity index is 658. The third kappa shape index (κ3) is 3.82. The number of carbonyl (C=O) groups is 1. The predicted molar refractivity (Wildman–Crippen MR) is 87.9 cm³/mol. The SMILES string of the molecule is CCN(Cc1cccc(C)n1)C(=O)c1ccc(Br)c(N)c1. The Morgan fingerprint density at radius 3 is 2.71 bits per heavy atom. The van der Waals surface area contributed by atoms with Crippen LogP contribution in [-0.4, -0.2) is 22.3 Å². The molecule has 2 N–H and O–H groups in total. The lowest BCUT2D eigenvalue weighted by Gasteiger charge is -2.21. The summed E-state index contributed by atoms with van der Waals surface area (Å²) in [6.45, 7) is 5.00. The van der Waals surface area contributed by atoms with E-state index in [-0.39, 0.29) is 5.91 Å². The minimum atomic E-state index is -0.0417. The first-order valence-electron chi connectivity index (χ1n) is 6.78. The summed E-state index contributed by atoms with van der Waals surface area (Å²) < 4.78 is 0.794. The molecule has 1 heterocycles. The van der Waals surface area contributed by atoms with Gasteiger partial charge in [-0.25, -0.2) is 0 Å². The Morgan fingerprint density at radius 1 is 1.33 bits per heavy atom. The molecule has 1 amide bonds. The van der Waals surface area contributed by atoms with Gasteiger partial charge in [-0.15, -0.1) is 0 Å². The van der Waals surface area contributed by atoms with Gasteiger partial charge in [0.05, 0.1) is 12.2 Å². The highest BCUT2D eigenvalue weighted by Gasteiger charge is 2.16. The highest BCUT2D eigenvalue weighted by molar-refractivity contribution is 9.10. The van der Waals surface area contributed by atoms with Crippen molar-refractivity contribution < 1.29 is 4.79 Å². The lowest BCUT2D eigenvalue weighted by molar-refractivity contribution is 0.0750. The normalized spacial score (nSPS) is 10.4. The molecule has 4 nitrogen and oxygen atoms in total. The maximum Gasteiger partial charge on any atom is 0.254 e. The van der Waals surface area contributed by atoms with Crippen molar-refractivity contribution in [3.05, 3.63) is 57.8 Å². The van der Waals surface area contributed by atoms with Gasteiger partial charge >= 0.3 is 0 Å². The van der Waals surface area contributed by atoms with E-state index >= 15 is 0 Å². The molecule has 0 spiro atoms. The fourth-order valence-electron chi connectivity index (χ4n) is 2.07. The number of nitrogen functional groups attached to an aromatic ring is 1. The van der Waals surface area contributed by atoms with Gasteiger partial charge in [0.25, 0.3) is 5.91 Å². The quantitative estimate of drug-likeness (QED) is 0.862. The molecule has 2 rings (SSSR count). The van der Waals surface area contributed by atoms with Crippen molar-refractivity contribution in [1.29, 1.82) is 0 Å². The number of carbonyl (C=O) groups excluding carboxylic acids is 1. The van der Waals surface area contributed by atoms with Crippen LogP contribution in [0.3, 0.4) is 0 Å². The molecule has 0 aliphatic carbocycles. The molecule has 0 radical (unpaired) electrons. The topological polar surface area (TPSA) is 59.2 Å². The van der Waals surface area contributed by atoms with Crippen LogP contribution in [0.5, 0.6) is 0 Å². The summed E-state index contributed by atoms with van der Waals surface area (Å²) >= 11 is 3.33. The van der Waals surface area contributed by atoms with Gasteiger partial charge in [0.15, 0.2) is 0 Å². The molecule has 1 aromatic carbocycles. The Labute approximate surface area is 133 Å². The van der Waals surface area contributed by atoms with E-state index in [4.69, 9.17) is 5.73 Å². The predicted octanol–water partition coefficient (Wildman–Crippen LogP) is 3.40. The van der Waals surface area contributed by atoms with Crippen LogP contribution in [0.4, 0.5) is 5.69 Å². The number of rotatable bonds is 4. The smallest absolute Gasteiger partial charge is 0.254 e. The second-order valence-corrected chi connectivity index (χ2v) is 5.68. The molecule has 0 saturated carbocycles. The molecule has 0 unspecified atom stereocenters. The minimum Gasteiger partial charge on any atom is -0.398 e. The summed E-state index contributed by atoms with van der Waals surface area (Å²) in [5, 5.41) is 0. The first-order chi connectivity index (χ1) is 10.0. The zero-order valence-electron chi connectivity index (χ0n) is 12.1. The first-order valence-corrected chi connectivity index (χ1v) is 7.57. The van der Waals surface area contributed by atoms with Gasteiger partial charge in [-0.2, -0.15) is 0 Å². The van der Waals surface area contributed by atoms with Crippen molar-refractivity contribution >= 4 is 27.5 Å². The van der Waals surface area contributed by atoms with Crippen LogP contribution in [0.25, 0.3) is 0 Å². The number of hydrogen-bond acceptors (Lipinski definition) is 3. The second-order valence-electron chi connectivity index (χ2n) is 4.83. The van der Waals surface area contributed by atoms with Crippen molar-refractivity contribution in [3.8, 4) is 0 Å². The average Bonchev–Trinajstić information content (AvgIpc) is 2.47. The minimum absolute atomic E-state index is 0.0417. The molecule has 21 heavy (non-hydrogen) atoms. The van der Waals surface area contributed by atoms with Gasteiger partial charge in [0.1, 0.15) is 0 Å². The molecule has 110 valence electrons. The Morgan fingerprint density at radius 2 is 2.10 bits per heavy atom. The number of aryl methyl sites for hydroxylation is 1. The highest BCUT2D eigenvalue weighted by Crippen LogP contribution is 2.21. The van der Waals surface area contributed by atoms with Crippen molar-refractivity contribution in [2.75, 3.05) is 12.3 Å². The van der Waals surface area contributed by atoms with Crippen LogP contribution in [0.2, 0.25) is 0 Å². The molecule has 2 aromatic rings. The first kappa shape index (κ1) is 15.5. The third-order valence-corrected chi connectivity index (χ3v) is 3.93. The number of aromatic nitrogens is 1. The van der Waals surface area contributed by atoms with E-state index in [9.17, 15) is 4.79 Å². The third-order valence-electron chi connectivity index (χ3n) is 3.21. The molecule has 0 bridgehead atoms. The number of benzene rings is 1. The standard InChI is InChI=1S/C16H18BrN3O/c1-3-20(10-13-6-4-5-11(2)19-13)16(21)12-7-8-14(17)15(18)9-12/h4-9H,3,10,18H2,1-2H3. The van der Waals surface area contributed by atoms with Crippen LogP contribution >= 0.6 is 15.9 Å². The average molecular weight is 348 g/mol. The number of amides is 1. The van der Waals surface area contributed by atoms with E-state index < -0.39 is 0 Å². The van der Waals surface area contributed by atoms with Gasteiger partial charge in [-0.3, -0.25) is 9.78 Å². The van der Waals surface area contributed by atoms with Gasteiger partial charge in [0, 0.05) is 28.0 Å². The zero-order chi connectivity index (χ0) is 15.4. The molecular weight excluding hydrogens is 330 g/mol. The van der Waals surface area contributed by atoms with Crippen molar-refractivity contribution in [3.63, 3.8) is 0 Å². The Hall–Kier alpha value is -1.88. The van der Waals surface area contributed by atoms with E-state index in [1.807, 2.05) is 32.0 Å². The van der Waals surface area contributed by atoms with Gasteiger partial charge in [0.2, 0.25) is 0 Å². The van der Waals surface area contributed by atoms with Crippen LogP contribution in [0.1, 0.15) is 28.7 Å². The molecular formula is C16H18BrN3O. The van der Waals surface area contributed by atoms with Crippen LogP contribution in [-0.2, 0) is 6.54 Å². The van der Waals surface area contributed by atoms with Crippen LogP contribution in [0, 0.1) is 6.92 Å². The number of pyridine rings is 1. The number of anilines is 1. The fourth-order valence-corrected chi connectivity index (χ4v) is 2.32. The zero-order valence-corrected chi connectivity index (χ0v) is 13.7. The van der Waals surface area contributed by atoms with E-state index in [0.29, 0.717) is 24.3 Å². The van der Waals surface area contributed by atoms with E-state index in [2.05, 4.69) is 20.9 Å². The monoisotopic (exact) mass is 347 g/mol. The second kappa shape index (κ2) is 6.72. The molecule has 0 aliphatic heterocycles. The number of hydrogen-bond donors (Lipinski definition) is 1. The van der Waals surface area contributed by atoms with Crippen molar-refractivity contribution in [2.45, 2.75) is 20.4 Å². The van der Waals surface area contributed by atoms with Gasteiger partial charge in [-0.05, 0) is 60.1 Å². The lowest BCUT2D eigenvalue weighted by Crippen LogP contribution is -2.30. The summed E-state index contributed by atoms with van der Waals surface area (Å²) in [7, 11) is 0. The molecule has 0 atom stereocenters.